The molecule has 3 aromatic carbocycles. The fourth-order valence-electron chi connectivity index (χ4n) is 4.96. The number of anilines is 1. The molecule has 1 fully saturated rings. The van der Waals surface area contributed by atoms with Gasteiger partial charge in [0.25, 0.3) is 5.91 Å². The van der Waals surface area contributed by atoms with E-state index >= 15 is 0 Å². The molecular weight excluding hydrogens is 574 g/mol. The van der Waals surface area contributed by atoms with Crippen LogP contribution in [0.1, 0.15) is 15.9 Å². The van der Waals surface area contributed by atoms with Gasteiger partial charge >= 0.3 is 0 Å². The van der Waals surface area contributed by atoms with Crippen molar-refractivity contribution >= 4 is 21.6 Å². The fourth-order valence-corrected chi connectivity index (χ4v) is 6.16. The van der Waals surface area contributed by atoms with Crippen molar-refractivity contribution in [2.75, 3.05) is 80.2 Å². The minimum atomic E-state index is -3.79. The Labute approximate surface area is 253 Å². The molecule has 0 unspecified atom stereocenters. The number of amides is 1. The van der Waals surface area contributed by atoms with Crippen molar-refractivity contribution in [3.05, 3.63) is 65.7 Å². The summed E-state index contributed by atoms with van der Waals surface area (Å²) in [6.45, 7) is 2.17. The van der Waals surface area contributed by atoms with E-state index in [4.69, 9.17) is 23.7 Å². The zero-order chi connectivity index (χ0) is 31.1. The summed E-state index contributed by atoms with van der Waals surface area (Å²) in [4.78, 5) is 17.2. The van der Waals surface area contributed by atoms with Crippen LogP contribution in [0.5, 0.6) is 28.7 Å². The summed E-state index contributed by atoms with van der Waals surface area (Å²) in [7, 11) is 5.55. The fraction of sp³-hybridized carbons (Fsp3) is 0.387. The molecule has 0 saturated carbocycles. The molecule has 232 valence electrons. The molecule has 12 heteroatoms. The molecule has 1 aliphatic heterocycles. The van der Waals surface area contributed by atoms with Gasteiger partial charge < -0.3 is 33.5 Å². The van der Waals surface area contributed by atoms with E-state index in [-0.39, 0.29) is 17.3 Å². The van der Waals surface area contributed by atoms with Gasteiger partial charge in [-0.25, -0.2) is 12.7 Å². The van der Waals surface area contributed by atoms with Crippen LogP contribution in [0.4, 0.5) is 5.69 Å². The number of hydrogen-bond donors (Lipinski definition) is 0. The summed E-state index contributed by atoms with van der Waals surface area (Å²) in [5.74, 6) is 2.72. The molecule has 1 heterocycles. The van der Waals surface area contributed by atoms with Crippen LogP contribution in [-0.2, 0) is 16.4 Å². The quantitative estimate of drug-likeness (QED) is 0.303. The lowest BCUT2D eigenvalue weighted by molar-refractivity contribution is 0.0746. The van der Waals surface area contributed by atoms with Crippen molar-refractivity contribution in [3.8, 4) is 28.7 Å². The highest BCUT2D eigenvalue weighted by Crippen LogP contribution is 2.33. The van der Waals surface area contributed by atoms with E-state index < -0.39 is 10.0 Å². The summed E-state index contributed by atoms with van der Waals surface area (Å²) in [6.07, 6.45) is 0.494. The highest BCUT2D eigenvalue weighted by Gasteiger charge is 2.27. The number of likely N-dealkylation sites (N-methyl/N-ethyl adjacent to an activating group) is 1. The van der Waals surface area contributed by atoms with E-state index in [1.165, 1.54) is 4.31 Å². The monoisotopic (exact) mass is 613 g/mol. The first kappa shape index (κ1) is 31.8. The first-order valence-electron chi connectivity index (χ1n) is 13.8. The van der Waals surface area contributed by atoms with Crippen molar-refractivity contribution in [2.24, 2.45) is 0 Å². The summed E-state index contributed by atoms with van der Waals surface area (Å²) >= 11 is 0. The SMILES string of the molecule is COc1cc(OC)cc(C(=O)N2CCN(c3cc(S(=O)(=O)N(C)CCc4ccc(OC)c(OC)c4)ccc3OC)CC2)c1. The van der Waals surface area contributed by atoms with Gasteiger partial charge in [-0.05, 0) is 54.4 Å². The summed E-state index contributed by atoms with van der Waals surface area (Å²) < 4.78 is 55.3. The molecular formula is C31H39N3O8S. The zero-order valence-corrected chi connectivity index (χ0v) is 26.3. The van der Waals surface area contributed by atoms with Crippen LogP contribution in [0.2, 0.25) is 0 Å². The molecule has 0 aliphatic carbocycles. The Hall–Kier alpha value is -4.16. The number of carbonyl (C=O) groups is 1. The van der Waals surface area contributed by atoms with Crippen LogP contribution in [0.25, 0.3) is 0 Å². The van der Waals surface area contributed by atoms with Gasteiger partial charge in [-0.1, -0.05) is 6.07 Å². The number of methoxy groups -OCH3 is 5. The predicted octanol–water partition coefficient (Wildman–Crippen LogP) is 3.56. The van der Waals surface area contributed by atoms with Gasteiger partial charge in [-0.2, -0.15) is 0 Å². The van der Waals surface area contributed by atoms with Gasteiger partial charge in [-0.3, -0.25) is 4.79 Å². The smallest absolute Gasteiger partial charge is 0.254 e. The summed E-state index contributed by atoms with van der Waals surface area (Å²) in [5.41, 5.74) is 2.06. The molecule has 0 spiro atoms. The Morgan fingerprint density at radius 1 is 0.744 bits per heavy atom. The van der Waals surface area contributed by atoms with E-state index in [2.05, 4.69) is 0 Å². The van der Waals surface area contributed by atoms with Crippen LogP contribution in [0, 0.1) is 0 Å². The lowest BCUT2D eigenvalue weighted by Crippen LogP contribution is -2.49. The van der Waals surface area contributed by atoms with Gasteiger partial charge in [0.2, 0.25) is 10.0 Å². The number of nitrogens with zero attached hydrogens (tertiary/aromatic N) is 3. The molecule has 3 aromatic rings. The molecule has 43 heavy (non-hydrogen) atoms. The van der Waals surface area contributed by atoms with Crippen molar-refractivity contribution in [1.82, 2.24) is 9.21 Å². The van der Waals surface area contributed by atoms with E-state index in [0.717, 1.165) is 5.56 Å². The van der Waals surface area contributed by atoms with Crippen LogP contribution < -0.4 is 28.6 Å². The van der Waals surface area contributed by atoms with Gasteiger partial charge in [0.05, 0.1) is 46.1 Å². The average molecular weight is 614 g/mol. The lowest BCUT2D eigenvalue weighted by Gasteiger charge is -2.37. The van der Waals surface area contributed by atoms with Crippen molar-refractivity contribution < 1.29 is 36.9 Å². The van der Waals surface area contributed by atoms with Gasteiger partial charge in [0, 0.05) is 51.4 Å². The van der Waals surface area contributed by atoms with Gasteiger partial charge in [0.15, 0.2) is 11.5 Å². The zero-order valence-electron chi connectivity index (χ0n) is 25.5. The van der Waals surface area contributed by atoms with Gasteiger partial charge in [0.1, 0.15) is 17.2 Å². The molecule has 0 N–H and O–H groups in total. The molecule has 0 atom stereocenters. The van der Waals surface area contributed by atoms with Gasteiger partial charge in [-0.15, -0.1) is 0 Å². The minimum Gasteiger partial charge on any atom is -0.497 e. The third-order valence-corrected chi connectivity index (χ3v) is 9.38. The molecule has 1 saturated heterocycles. The number of ether oxygens (including phenoxy) is 5. The Kier molecular flexibility index (Phi) is 10.3. The molecule has 0 aromatic heterocycles. The maximum absolute atomic E-state index is 13.6. The summed E-state index contributed by atoms with van der Waals surface area (Å²) in [5, 5.41) is 0. The molecule has 0 bridgehead atoms. The van der Waals surface area contributed by atoms with Crippen LogP contribution in [0.15, 0.2) is 59.5 Å². The Bertz CT molecular complexity index is 1520. The average Bonchev–Trinajstić information content (AvgIpc) is 3.05. The second-order valence-corrected chi connectivity index (χ2v) is 12.0. The standard InChI is InChI=1S/C31H39N3O8S/c1-32(12-11-22-7-9-29(41-5)30(17-22)42-6)43(36,37)26-8-10-28(40-4)27(21-26)33-13-15-34(16-14-33)31(35)23-18-24(38-2)20-25(19-23)39-3/h7-10,17-21H,11-16H2,1-6H3. The molecule has 1 aliphatic rings. The number of carbonyl (C=O) groups excluding carboxylic acids is 1. The van der Waals surface area contributed by atoms with Crippen molar-refractivity contribution in [3.63, 3.8) is 0 Å². The number of rotatable bonds is 12. The molecule has 11 nitrogen and oxygen atoms in total. The van der Waals surface area contributed by atoms with E-state index in [1.54, 1.807) is 90.0 Å². The predicted molar refractivity (Wildman–Crippen MR) is 164 cm³/mol. The normalized spacial score (nSPS) is 13.6. The first-order valence-corrected chi connectivity index (χ1v) is 15.2. The minimum absolute atomic E-state index is 0.128. The second kappa shape index (κ2) is 13.9. The van der Waals surface area contributed by atoms with E-state index in [0.29, 0.717) is 72.6 Å². The maximum Gasteiger partial charge on any atom is 0.254 e. The van der Waals surface area contributed by atoms with E-state index in [1.807, 2.05) is 17.0 Å². The third kappa shape index (κ3) is 7.08. The second-order valence-electron chi connectivity index (χ2n) is 9.98. The van der Waals surface area contributed by atoms with Crippen LogP contribution in [0.3, 0.4) is 0 Å². The Morgan fingerprint density at radius 3 is 1.93 bits per heavy atom. The van der Waals surface area contributed by atoms with Crippen LogP contribution >= 0.6 is 0 Å². The first-order chi connectivity index (χ1) is 20.6. The third-order valence-electron chi connectivity index (χ3n) is 7.53. The van der Waals surface area contributed by atoms with Crippen LogP contribution in [-0.4, -0.2) is 98.9 Å². The number of hydrogen-bond acceptors (Lipinski definition) is 9. The number of benzene rings is 3. The van der Waals surface area contributed by atoms with Crippen molar-refractivity contribution in [2.45, 2.75) is 11.3 Å². The maximum atomic E-state index is 13.6. The largest absolute Gasteiger partial charge is 0.497 e. The Morgan fingerprint density at radius 2 is 1.35 bits per heavy atom. The molecule has 1 amide bonds. The molecule has 4 rings (SSSR count). The van der Waals surface area contributed by atoms with Crippen molar-refractivity contribution in [1.29, 1.82) is 0 Å². The lowest BCUT2D eigenvalue weighted by atomic mass is 10.1. The van der Waals surface area contributed by atoms with E-state index in [9.17, 15) is 13.2 Å². The number of sulfonamides is 1. The highest BCUT2D eigenvalue weighted by molar-refractivity contribution is 7.89. The summed E-state index contributed by atoms with van der Waals surface area (Å²) in [6, 6.07) is 15.5. The topological polar surface area (TPSA) is 107 Å². The molecule has 0 radical (unpaired) electrons. The highest BCUT2D eigenvalue weighted by atomic mass is 32.2. The number of piperazine rings is 1. The Balaban J connectivity index is 1.46.